The van der Waals surface area contributed by atoms with Gasteiger partial charge in [-0.25, -0.2) is 17.5 Å². The molecule has 25 heavy (non-hydrogen) atoms. The van der Waals surface area contributed by atoms with Crippen LogP contribution in [0.3, 0.4) is 0 Å². The van der Waals surface area contributed by atoms with Gasteiger partial charge < -0.3 is 10.6 Å². The number of carbonyl (C=O) groups is 1. The Kier molecular flexibility index (Phi) is 4.87. The van der Waals surface area contributed by atoms with E-state index in [0.717, 1.165) is 28.5 Å². The molecule has 1 aliphatic heterocycles. The molecule has 2 amide bonds. The molecule has 0 aromatic heterocycles. The Hall–Kier alpha value is -2.25. The molecule has 2 aromatic rings. The van der Waals surface area contributed by atoms with Gasteiger partial charge in [-0.05, 0) is 61.4 Å². The number of benzene rings is 2. The number of nitrogens with one attached hydrogen (secondary N) is 2. The van der Waals surface area contributed by atoms with E-state index >= 15 is 0 Å². The Morgan fingerprint density at radius 2 is 1.96 bits per heavy atom. The number of carbonyl (C=O) groups excluding carboxylic acids is 1. The molecule has 132 valence electrons. The SMILES string of the molecule is CCN(C(=O)Nc1ccc(Cl)cc1)S(=O)(=O)c1ccc2c(c1)CCN2. The smallest absolute Gasteiger partial charge is 0.335 e. The van der Waals surface area contributed by atoms with Gasteiger partial charge in [0.1, 0.15) is 0 Å². The summed E-state index contributed by atoms with van der Waals surface area (Å²) in [6, 6.07) is 10.6. The van der Waals surface area contributed by atoms with Crippen LogP contribution in [0.15, 0.2) is 47.4 Å². The van der Waals surface area contributed by atoms with Crippen molar-refractivity contribution < 1.29 is 13.2 Å². The Labute approximate surface area is 151 Å². The second-order valence-electron chi connectivity index (χ2n) is 5.60. The number of urea groups is 1. The fraction of sp³-hybridized carbons (Fsp3) is 0.235. The van der Waals surface area contributed by atoms with E-state index in [0.29, 0.717) is 10.7 Å². The Bertz CT molecular complexity index is 898. The van der Waals surface area contributed by atoms with Gasteiger partial charge in [0.05, 0.1) is 4.90 Å². The van der Waals surface area contributed by atoms with Crippen molar-refractivity contribution in [3.05, 3.63) is 53.1 Å². The zero-order valence-corrected chi connectivity index (χ0v) is 15.2. The predicted octanol–water partition coefficient (Wildman–Crippen LogP) is 3.55. The third-order valence-corrected chi connectivity index (χ3v) is 6.09. The summed E-state index contributed by atoms with van der Waals surface area (Å²) in [5, 5.41) is 6.30. The van der Waals surface area contributed by atoms with E-state index < -0.39 is 16.1 Å². The van der Waals surface area contributed by atoms with E-state index in [9.17, 15) is 13.2 Å². The van der Waals surface area contributed by atoms with E-state index in [1.807, 2.05) is 0 Å². The molecule has 0 saturated carbocycles. The standard InChI is InChI=1S/C17H18ClN3O3S/c1-2-21(17(22)20-14-5-3-13(18)4-6-14)25(23,24)15-7-8-16-12(11-15)9-10-19-16/h3-8,11,19H,2,9-10H2,1H3,(H,20,22). The van der Waals surface area contributed by atoms with Gasteiger partial charge in [0.25, 0.3) is 10.0 Å². The second-order valence-corrected chi connectivity index (χ2v) is 7.90. The highest BCUT2D eigenvalue weighted by molar-refractivity contribution is 7.89. The van der Waals surface area contributed by atoms with Crippen molar-refractivity contribution >= 4 is 39.0 Å². The maximum atomic E-state index is 12.9. The van der Waals surface area contributed by atoms with Crippen LogP contribution < -0.4 is 10.6 Å². The summed E-state index contributed by atoms with van der Waals surface area (Å²) in [4.78, 5) is 12.6. The Morgan fingerprint density at radius 1 is 1.24 bits per heavy atom. The van der Waals surface area contributed by atoms with Gasteiger partial charge in [0.15, 0.2) is 0 Å². The molecular formula is C17H18ClN3O3S. The number of rotatable bonds is 4. The Morgan fingerprint density at radius 3 is 2.64 bits per heavy atom. The lowest BCUT2D eigenvalue weighted by Gasteiger charge is -2.21. The van der Waals surface area contributed by atoms with Gasteiger partial charge in [0, 0.05) is 29.5 Å². The summed E-state index contributed by atoms with van der Waals surface area (Å²) in [6.07, 6.45) is 0.766. The molecule has 0 unspecified atom stereocenters. The van der Waals surface area contributed by atoms with Gasteiger partial charge in [-0.15, -0.1) is 0 Å². The molecular weight excluding hydrogens is 362 g/mol. The highest BCUT2D eigenvalue weighted by atomic mass is 35.5. The zero-order chi connectivity index (χ0) is 18.0. The number of anilines is 2. The van der Waals surface area contributed by atoms with Crippen LogP contribution in [0, 0.1) is 0 Å². The molecule has 0 radical (unpaired) electrons. The third kappa shape index (κ3) is 3.57. The van der Waals surface area contributed by atoms with Crippen LogP contribution in [0.4, 0.5) is 16.2 Å². The lowest BCUT2D eigenvalue weighted by molar-refractivity contribution is 0.237. The summed E-state index contributed by atoms with van der Waals surface area (Å²) >= 11 is 5.81. The Balaban J connectivity index is 1.85. The molecule has 1 heterocycles. The summed E-state index contributed by atoms with van der Waals surface area (Å²) in [6.45, 7) is 2.43. The first kappa shape index (κ1) is 17.6. The van der Waals surface area contributed by atoms with E-state index in [-0.39, 0.29) is 11.4 Å². The summed E-state index contributed by atoms with van der Waals surface area (Å²) in [5.41, 5.74) is 2.35. The molecule has 8 heteroatoms. The molecule has 6 nitrogen and oxygen atoms in total. The van der Waals surface area contributed by atoms with Crippen molar-refractivity contribution in [2.75, 3.05) is 23.7 Å². The molecule has 0 spiro atoms. The third-order valence-electron chi connectivity index (χ3n) is 3.98. The van der Waals surface area contributed by atoms with Gasteiger partial charge >= 0.3 is 6.03 Å². The minimum atomic E-state index is -3.93. The van der Waals surface area contributed by atoms with Gasteiger partial charge in [-0.3, -0.25) is 0 Å². The minimum Gasteiger partial charge on any atom is -0.384 e. The highest BCUT2D eigenvalue weighted by Crippen LogP contribution is 2.27. The molecule has 2 N–H and O–H groups in total. The average Bonchev–Trinajstić information content (AvgIpc) is 3.05. The van der Waals surface area contributed by atoms with E-state index in [1.54, 1.807) is 43.3 Å². The van der Waals surface area contributed by atoms with Gasteiger partial charge in [-0.2, -0.15) is 0 Å². The van der Waals surface area contributed by atoms with Crippen LogP contribution in [-0.4, -0.2) is 31.8 Å². The number of amides is 2. The first-order chi connectivity index (χ1) is 11.9. The van der Waals surface area contributed by atoms with Crippen LogP contribution in [0.1, 0.15) is 12.5 Å². The highest BCUT2D eigenvalue weighted by Gasteiger charge is 2.29. The number of hydrogen-bond donors (Lipinski definition) is 2. The van der Waals surface area contributed by atoms with E-state index in [1.165, 1.54) is 6.07 Å². The van der Waals surface area contributed by atoms with Crippen LogP contribution in [0.2, 0.25) is 5.02 Å². The fourth-order valence-corrected chi connectivity index (χ4v) is 4.23. The minimum absolute atomic E-state index is 0.0249. The number of hydrogen-bond acceptors (Lipinski definition) is 4. The first-order valence-corrected chi connectivity index (χ1v) is 9.69. The fourth-order valence-electron chi connectivity index (χ4n) is 2.71. The molecule has 0 fully saturated rings. The van der Waals surface area contributed by atoms with Crippen molar-refractivity contribution in [2.24, 2.45) is 0 Å². The number of fused-ring (bicyclic) bond motifs is 1. The normalized spacial score (nSPS) is 13.0. The number of sulfonamides is 1. The predicted molar refractivity (Wildman–Crippen MR) is 98.7 cm³/mol. The molecule has 0 aliphatic carbocycles. The maximum Gasteiger partial charge on any atom is 0.335 e. The number of halogens is 1. The zero-order valence-electron chi connectivity index (χ0n) is 13.6. The van der Waals surface area contributed by atoms with Crippen LogP contribution >= 0.6 is 11.6 Å². The first-order valence-electron chi connectivity index (χ1n) is 7.88. The molecule has 2 aromatic carbocycles. The largest absolute Gasteiger partial charge is 0.384 e. The molecule has 3 rings (SSSR count). The summed E-state index contributed by atoms with van der Waals surface area (Å²) in [7, 11) is -3.93. The van der Waals surface area contributed by atoms with Gasteiger partial charge in [-0.1, -0.05) is 11.6 Å². The summed E-state index contributed by atoms with van der Waals surface area (Å²) < 4.78 is 26.6. The van der Waals surface area contributed by atoms with Crippen molar-refractivity contribution in [2.45, 2.75) is 18.2 Å². The van der Waals surface area contributed by atoms with Crippen molar-refractivity contribution in [1.82, 2.24) is 4.31 Å². The monoisotopic (exact) mass is 379 g/mol. The topological polar surface area (TPSA) is 78.5 Å². The number of nitrogens with zero attached hydrogens (tertiary/aromatic N) is 1. The molecule has 0 saturated heterocycles. The van der Waals surface area contributed by atoms with E-state index in [2.05, 4.69) is 10.6 Å². The molecule has 0 atom stereocenters. The van der Waals surface area contributed by atoms with Crippen molar-refractivity contribution in [1.29, 1.82) is 0 Å². The van der Waals surface area contributed by atoms with Gasteiger partial charge in [0.2, 0.25) is 0 Å². The lowest BCUT2D eigenvalue weighted by atomic mass is 10.2. The average molecular weight is 380 g/mol. The summed E-state index contributed by atoms with van der Waals surface area (Å²) in [5.74, 6) is 0. The van der Waals surface area contributed by atoms with Crippen molar-refractivity contribution in [3.8, 4) is 0 Å². The van der Waals surface area contributed by atoms with Crippen LogP contribution in [0.25, 0.3) is 0 Å². The molecule has 0 bridgehead atoms. The van der Waals surface area contributed by atoms with Crippen molar-refractivity contribution in [3.63, 3.8) is 0 Å². The van der Waals surface area contributed by atoms with Crippen LogP contribution in [-0.2, 0) is 16.4 Å². The lowest BCUT2D eigenvalue weighted by Crippen LogP contribution is -2.39. The maximum absolute atomic E-state index is 12.9. The second kappa shape index (κ2) is 6.93. The molecule has 1 aliphatic rings. The van der Waals surface area contributed by atoms with E-state index in [4.69, 9.17) is 11.6 Å². The quantitative estimate of drug-likeness (QED) is 0.851. The van der Waals surface area contributed by atoms with Crippen LogP contribution in [0.5, 0.6) is 0 Å².